The third-order valence-corrected chi connectivity index (χ3v) is 1.58. The van der Waals surface area contributed by atoms with E-state index in [-0.39, 0.29) is 0 Å². The van der Waals surface area contributed by atoms with E-state index < -0.39 is 0 Å². The van der Waals surface area contributed by atoms with Gasteiger partial charge >= 0.3 is 7.69 Å². The molecule has 2 aliphatic heterocycles. The lowest BCUT2D eigenvalue weighted by atomic mass is 10.3. The first-order chi connectivity index (χ1) is 5.45. The minimum Gasteiger partial charge on any atom is -0.411 e. The summed E-state index contributed by atoms with van der Waals surface area (Å²) in [6.45, 7) is 2.99. The molecule has 0 bridgehead atoms. The molecule has 2 rings (SSSR count). The summed E-state index contributed by atoms with van der Waals surface area (Å²) in [5.41, 5.74) is 0. The number of ether oxygens (including phenoxy) is 2. The van der Waals surface area contributed by atoms with Crippen LogP contribution in [0.5, 0.6) is 0 Å². The maximum Gasteiger partial charge on any atom is 0.438 e. The lowest BCUT2D eigenvalue weighted by Gasteiger charge is -1.99. The minimum absolute atomic E-state index is 0.329. The molecule has 11 heavy (non-hydrogen) atoms. The highest BCUT2D eigenvalue weighted by Gasteiger charge is 2.24. The van der Waals surface area contributed by atoms with E-state index in [2.05, 4.69) is 0 Å². The van der Waals surface area contributed by atoms with Crippen LogP contribution in [0.4, 0.5) is 0 Å². The molecule has 2 saturated heterocycles. The topological polar surface area (TPSA) is 43.5 Å². The van der Waals surface area contributed by atoms with E-state index in [4.69, 9.17) is 18.8 Å². The van der Waals surface area contributed by atoms with Gasteiger partial charge in [-0.2, -0.15) is 0 Å². The largest absolute Gasteiger partial charge is 0.438 e. The SMILES string of the molecule is B(OCC1CO1)OCC1CO1. The molecular formula is C6H11BO4. The zero-order chi connectivity index (χ0) is 7.52. The van der Waals surface area contributed by atoms with Gasteiger partial charge in [0.05, 0.1) is 26.4 Å². The van der Waals surface area contributed by atoms with Gasteiger partial charge in [0.1, 0.15) is 12.2 Å². The Morgan fingerprint density at radius 3 is 1.91 bits per heavy atom. The van der Waals surface area contributed by atoms with Crippen molar-refractivity contribution in [3.05, 3.63) is 0 Å². The number of epoxide rings is 2. The van der Waals surface area contributed by atoms with Crippen molar-refractivity contribution in [1.82, 2.24) is 0 Å². The molecule has 0 amide bonds. The summed E-state index contributed by atoms with van der Waals surface area (Å²) >= 11 is 0. The van der Waals surface area contributed by atoms with Crippen LogP contribution in [-0.2, 0) is 18.8 Å². The van der Waals surface area contributed by atoms with E-state index in [1.165, 1.54) is 0 Å². The lowest BCUT2D eigenvalue weighted by molar-refractivity contribution is 0.189. The smallest absolute Gasteiger partial charge is 0.411 e. The predicted octanol–water partition coefficient (Wildman–Crippen LogP) is -0.916. The van der Waals surface area contributed by atoms with E-state index >= 15 is 0 Å². The highest BCUT2D eigenvalue weighted by Crippen LogP contribution is 2.09. The first kappa shape index (κ1) is 7.55. The fourth-order valence-corrected chi connectivity index (χ4v) is 0.747. The van der Waals surface area contributed by atoms with E-state index in [1.54, 1.807) is 0 Å². The van der Waals surface area contributed by atoms with Gasteiger partial charge in [-0.1, -0.05) is 0 Å². The highest BCUT2D eigenvalue weighted by molar-refractivity contribution is 6.17. The quantitative estimate of drug-likeness (QED) is 0.285. The Morgan fingerprint density at radius 1 is 1.09 bits per heavy atom. The maximum atomic E-state index is 5.13. The van der Waals surface area contributed by atoms with Crippen molar-refractivity contribution in [2.75, 3.05) is 26.4 Å². The minimum atomic E-state index is 0.329. The van der Waals surface area contributed by atoms with Gasteiger partial charge in [-0.05, 0) is 0 Å². The summed E-state index contributed by atoms with van der Waals surface area (Å²) in [7, 11) is 0.361. The second-order valence-electron chi connectivity index (χ2n) is 2.77. The molecule has 4 nitrogen and oxygen atoms in total. The second-order valence-corrected chi connectivity index (χ2v) is 2.77. The summed E-state index contributed by atoms with van der Waals surface area (Å²) in [4.78, 5) is 0. The average Bonchev–Trinajstić information content (AvgIpc) is 2.83. The van der Waals surface area contributed by atoms with Crippen LogP contribution in [0, 0.1) is 0 Å². The average molecular weight is 158 g/mol. The van der Waals surface area contributed by atoms with Crippen LogP contribution in [0.2, 0.25) is 0 Å². The van der Waals surface area contributed by atoms with E-state index in [0.717, 1.165) is 13.2 Å². The molecule has 2 atom stereocenters. The van der Waals surface area contributed by atoms with Gasteiger partial charge in [0, 0.05) is 0 Å². The van der Waals surface area contributed by atoms with Crippen molar-refractivity contribution >= 4 is 7.69 Å². The molecule has 0 spiro atoms. The Balaban J connectivity index is 1.35. The Kier molecular flexibility index (Phi) is 2.43. The maximum absolute atomic E-state index is 5.13. The standard InChI is InChI=1S/C6H11BO4/c1-5(8-1)3-10-7-11-4-6-2-9-6/h5-7H,1-4H2. The molecule has 0 radical (unpaired) electrons. The molecular weight excluding hydrogens is 147 g/mol. The van der Waals surface area contributed by atoms with Crippen LogP contribution < -0.4 is 0 Å². The van der Waals surface area contributed by atoms with Crippen LogP contribution in [-0.4, -0.2) is 46.3 Å². The first-order valence-electron chi connectivity index (χ1n) is 3.84. The van der Waals surface area contributed by atoms with Crippen molar-refractivity contribution < 1.29 is 18.8 Å². The van der Waals surface area contributed by atoms with Gasteiger partial charge in [0.2, 0.25) is 0 Å². The molecule has 0 aromatic carbocycles. The number of hydrogen-bond acceptors (Lipinski definition) is 4. The van der Waals surface area contributed by atoms with Crippen molar-refractivity contribution in [1.29, 1.82) is 0 Å². The van der Waals surface area contributed by atoms with Crippen LogP contribution >= 0.6 is 0 Å². The van der Waals surface area contributed by atoms with Crippen LogP contribution in [0.1, 0.15) is 0 Å². The zero-order valence-electron chi connectivity index (χ0n) is 6.32. The molecule has 62 valence electrons. The van der Waals surface area contributed by atoms with Crippen molar-refractivity contribution in [3.63, 3.8) is 0 Å². The Bertz CT molecular complexity index is 110. The van der Waals surface area contributed by atoms with Crippen molar-refractivity contribution in [2.24, 2.45) is 0 Å². The molecule has 0 N–H and O–H groups in total. The number of rotatable bonds is 6. The van der Waals surface area contributed by atoms with Gasteiger partial charge in [-0.15, -0.1) is 0 Å². The van der Waals surface area contributed by atoms with E-state index in [1.807, 2.05) is 0 Å². The lowest BCUT2D eigenvalue weighted by Crippen LogP contribution is -2.12. The summed E-state index contributed by atoms with van der Waals surface area (Å²) in [6, 6.07) is 0. The van der Waals surface area contributed by atoms with Gasteiger partial charge in [-0.3, -0.25) is 0 Å². The summed E-state index contributed by atoms with van der Waals surface area (Å²) in [6.07, 6.45) is 0.659. The third kappa shape index (κ3) is 3.20. The predicted molar refractivity (Wildman–Crippen MR) is 38.5 cm³/mol. The first-order valence-corrected chi connectivity index (χ1v) is 3.84. The van der Waals surface area contributed by atoms with Gasteiger partial charge in [0.25, 0.3) is 0 Å². The zero-order valence-corrected chi connectivity index (χ0v) is 6.32. The van der Waals surface area contributed by atoms with Crippen molar-refractivity contribution in [3.8, 4) is 0 Å². The van der Waals surface area contributed by atoms with Gasteiger partial charge < -0.3 is 18.8 Å². The fourth-order valence-electron chi connectivity index (χ4n) is 0.747. The molecule has 0 saturated carbocycles. The highest BCUT2D eigenvalue weighted by atomic mass is 16.6. The Morgan fingerprint density at radius 2 is 1.55 bits per heavy atom. The molecule has 2 heterocycles. The van der Waals surface area contributed by atoms with E-state index in [0.29, 0.717) is 33.1 Å². The molecule has 2 unspecified atom stereocenters. The summed E-state index contributed by atoms with van der Waals surface area (Å²) in [5.74, 6) is 0. The van der Waals surface area contributed by atoms with Crippen molar-refractivity contribution in [2.45, 2.75) is 12.2 Å². The fraction of sp³-hybridized carbons (Fsp3) is 1.00. The molecule has 5 heteroatoms. The summed E-state index contributed by atoms with van der Waals surface area (Å²) in [5, 5.41) is 0. The third-order valence-electron chi connectivity index (χ3n) is 1.58. The Labute approximate surface area is 66.1 Å². The normalized spacial score (nSPS) is 33.5. The number of hydrogen-bond donors (Lipinski definition) is 0. The summed E-state index contributed by atoms with van der Waals surface area (Å²) < 4.78 is 20.2. The molecule has 2 fully saturated rings. The molecule has 0 aromatic rings. The van der Waals surface area contributed by atoms with E-state index in [9.17, 15) is 0 Å². The van der Waals surface area contributed by atoms with Crippen LogP contribution in [0.3, 0.4) is 0 Å². The second kappa shape index (κ2) is 3.54. The molecule has 0 aromatic heterocycles. The van der Waals surface area contributed by atoms with Gasteiger partial charge in [-0.25, -0.2) is 0 Å². The molecule has 0 aliphatic carbocycles. The molecule has 2 aliphatic rings. The monoisotopic (exact) mass is 158 g/mol. The Hall–Kier alpha value is -0.0951. The van der Waals surface area contributed by atoms with Gasteiger partial charge in [0.15, 0.2) is 0 Å². The van der Waals surface area contributed by atoms with Crippen LogP contribution in [0.25, 0.3) is 0 Å². The van der Waals surface area contributed by atoms with Crippen LogP contribution in [0.15, 0.2) is 0 Å².